The van der Waals surface area contributed by atoms with E-state index in [1.807, 2.05) is 48.5 Å². The Kier molecular flexibility index (Phi) is 21.6. The molecule has 0 amide bonds. The second-order valence-electron chi connectivity index (χ2n) is 35.7. The second-order valence-corrected chi connectivity index (χ2v) is 35.7. The number of carbonyl (C=O) groups excluding carboxylic acids is 2. The average molecular weight is 1380 g/mol. The molecule has 6 aromatic carbocycles. The number of rotatable bonds is 20. The predicted octanol–water partition coefficient (Wildman–Crippen LogP) is 23.0. The van der Waals surface area contributed by atoms with Crippen molar-refractivity contribution in [2.24, 2.45) is 105 Å². The van der Waals surface area contributed by atoms with E-state index in [2.05, 4.69) is 130 Å². The van der Waals surface area contributed by atoms with Gasteiger partial charge in [-0.2, -0.15) is 0 Å². The van der Waals surface area contributed by atoms with Crippen molar-refractivity contribution in [2.45, 2.75) is 222 Å². The molecule has 0 bridgehead atoms. The number of anilines is 4. The Hall–Kier alpha value is -7.20. The van der Waals surface area contributed by atoms with E-state index >= 15 is 0 Å². The molecule has 18 unspecified atom stereocenters. The molecule has 0 heterocycles. The lowest BCUT2D eigenvalue weighted by atomic mass is 9.43. The minimum atomic E-state index is -0.310. The fourth-order valence-electron chi connectivity index (χ4n) is 23.5. The molecule has 0 aliphatic heterocycles. The van der Waals surface area contributed by atoms with Crippen LogP contribution in [0.25, 0.3) is 0 Å². The normalized spacial score (nSPS) is 32.4. The van der Waals surface area contributed by atoms with Gasteiger partial charge >= 0.3 is 11.9 Å². The molecule has 8 N–H and O–H groups in total. The van der Waals surface area contributed by atoms with Crippen LogP contribution in [-0.2, 0) is 14.9 Å². The van der Waals surface area contributed by atoms with Crippen molar-refractivity contribution in [3.63, 3.8) is 0 Å². The van der Waals surface area contributed by atoms with Crippen LogP contribution in [0.1, 0.15) is 236 Å². The van der Waals surface area contributed by atoms with Crippen LogP contribution in [0.3, 0.4) is 0 Å². The number of allylic oxidation sites excluding steroid dienone is 2. The molecule has 7 saturated carbocycles. The quantitative estimate of drug-likeness (QED) is 0.0327. The van der Waals surface area contributed by atoms with Gasteiger partial charge in [0.1, 0.15) is 35.2 Å². The molecule has 6 aromatic rings. The van der Waals surface area contributed by atoms with Crippen molar-refractivity contribution >= 4 is 34.7 Å². The zero-order valence-corrected chi connectivity index (χ0v) is 63.4. The van der Waals surface area contributed by atoms with Crippen LogP contribution < -0.4 is 32.4 Å². The first kappa shape index (κ1) is 73.1. The van der Waals surface area contributed by atoms with Gasteiger partial charge in [0, 0.05) is 34.1 Å². The van der Waals surface area contributed by atoms with Crippen LogP contribution >= 0.6 is 0 Å². The van der Waals surface area contributed by atoms with E-state index < -0.39 is 0 Å². The first-order valence-corrected chi connectivity index (χ1v) is 39.9. The van der Waals surface area contributed by atoms with Gasteiger partial charge < -0.3 is 41.9 Å². The lowest BCUT2D eigenvalue weighted by molar-refractivity contribution is -0.174. The number of hydrogen-bond donors (Lipinski definition) is 4. The first-order valence-electron chi connectivity index (χ1n) is 39.9. The van der Waals surface area contributed by atoms with Crippen molar-refractivity contribution in [3.05, 3.63) is 180 Å². The standard InChI is InChI=1S/C51H64N2O2.C41H58N2O4/c1-34(2)7-6-8-35(3)46-27-28-47-45-26-13-38-33-51(32-31-49(38,4)48(45)29-30-50(46,47)5,36-9-18-41(19-10-36)54-43-22-14-39(52)15-23-43)37-11-20-42(21-12-37)55-44-24-16-40(53)17-25-44;1-25(2)7-6-8-26(3)33-17-18-34-32-24-37(47-39(45)28-11-15-30(43)16-12-28)36-23-31(46-38(44)27-9-13-29(42)14-10-27)19-21-41(36,5)35(32)20-22-40(33,34)4/h9-26,34-35,38,45-48H,6-8,27-33,52-53H2,1-5H3;9-16,25-26,31-37H,6-8,17-24,42-43H2,1-5H3. The Morgan fingerprint density at radius 3 is 1.31 bits per heavy atom. The van der Waals surface area contributed by atoms with Crippen molar-refractivity contribution in [1.29, 1.82) is 0 Å². The summed E-state index contributed by atoms with van der Waals surface area (Å²) in [7, 11) is 0. The van der Waals surface area contributed by atoms with Gasteiger partial charge in [-0.15, -0.1) is 0 Å². The number of hydrogen-bond acceptors (Lipinski definition) is 10. The second kappa shape index (κ2) is 30.1. The van der Waals surface area contributed by atoms with Crippen LogP contribution in [-0.4, -0.2) is 24.1 Å². The van der Waals surface area contributed by atoms with E-state index in [-0.39, 0.29) is 40.9 Å². The Bertz CT molecular complexity index is 3740. The molecule has 546 valence electrons. The molecule has 0 saturated heterocycles. The SMILES string of the molecule is CC(C)CCCC(C)C1CCC2C3C=CC4CC(c5ccc(Oc6ccc(N)cc6)cc5)(c5ccc(Oc6ccc(N)cc6)cc5)CCC4(C)C3CCC12C.CC(C)CCCC(C)C1CCC2C3CC(OC(=O)c4ccc(N)cc4)C4CC(OC(=O)c5ccc(N)cc5)CCC4(C)C3CCC12C. The highest BCUT2D eigenvalue weighted by Gasteiger charge is 2.65. The van der Waals surface area contributed by atoms with E-state index in [4.69, 9.17) is 41.9 Å². The summed E-state index contributed by atoms with van der Waals surface area (Å²) in [6.07, 6.45) is 30.9. The van der Waals surface area contributed by atoms with E-state index in [1.165, 1.54) is 107 Å². The molecule has 10 nitrogen and oxygen atoms in total. The molecule has 14 rings (SSSR count). The van der Waals surface area contributed by atoms with Gasteiger partial charge in [0.05, 0.1) is 11.1 Å². The molecule has 0 spiro atoms. The van der Waals surface area contributed by atoms with Crippen LogP contribution in [0.2, 0.25) is 0 Å². The van der Waals surface area contributed by atoms with Crippen LogP contribution in [0, 0.1) is 105 Å². The van der Waals surface area contributed by atoms with Gasteiger partial charge in [-0.3, -0.25) is 0 Å². The highest BCUT2D eigenvalue weighted by atomic mass is 16.6. The zero-order valence-electron chi connectivity index (χ0n) is 63.4. The molecule has 7 fully saturated rings. The molecule has 18 atom stereocenters. The summed E-state index contributed by atoms with van der Waals surface area (Å²) >= 11 is 0. The molecule has 8 aliphatic rings. The monoisotopic (exact) mass is 1380 g/mol. The number of benzene rings is 6. The van der Waals surface area contributed by atoms with Gasteiger partial charge in [-0.1, -0.05) is 144 Å². The van der Waals surface area contributed by atoms with Crippen LogP contribution in [0.15, 0.2) is 158 Å². The van der Waals surface area contributed by atoms with Crippen LogP contribution in [0.5, 0.6) is 23.0 Å². The molecule has 0 aromatic heterocycles. The number of ether oxygens (including phenoxy) is 4. The van der Waals surface area contributed by atoms with Crippen molar-refractivity contribution in [2.75, 3.05) is 22.9 Å². The third-order valence-corrected chi connectivity index (χ3v) is 29.1. The molecular formula is C92H122N4O6. The minimum absolute atomic E-state index is 0.0291. The summed E-state index contributed by atoms with van der Waals surface area (Å²) in [5.41, 5.74) is 31.2. The van der Waals surface area contributed by atoms with Crippen LogP contribution in [0.4, 0.5) is 22.7 Å². The number of carbonyl (C=O) groups is 2. The molecule has 102 heavy (non-hydrogen) atoms. The fraction of sp³-hybridized carbons (Fsp3) is 0.565. The van der Waals surface area contributed by atoms with E-state index in [0.29, 0.717) is 62.4 Å². The number of esters is 2. The van der Waals surface area contributed by atoms with E-state index in [0.717, 1.165) is 126 Å². The fourth-order valence-corrected chi connectivity index (χ4v) is 23.5. The number of nitrogens with two attached hydrogens (primary N) is 4. The summed E-state index contributed by atoms with van der Waals surface area (Å²) < 4.78 is 25.2. The number of fused-ring (bicyclic) bond motifs is 10. The highest BCUT2D eigenvalue weighted by molar-refractivity contribution is 5.90. The van der Waals surface area contributed by atoms with Gasteiger partial charge in [-0.25, -0.2) is 9.59 Å². The average Bonchev–Trinajstić information content (AvgIpc) is 1.22. The summed E-state index contributed by atoms with van der Waals surface area (Å²) in [6, 6.07) is 47.1. The summed E-state index contributed by atoms with van der Waals surface area (Å²) in [6.45, 7) is 25.0. The smallest absolute Gasteiger partial charge is 0.338 e. The Balaban J connectivity index is 0.000000184. The maximum Gasteiger partial charge on any atom is 0.338 e. The van der Waals surface area contributed by atoms with E-state index in [1.54, 1.807) is 48.5 Å². The molecule has 0 radical (unpaired) electrons. The third-order valence-electron chi connectivity index (χ3n) is 29.1. The van der Waals surface area contributed by atoms with Crippen molar-refractivity contribution in [1.82, 2.24) is 0 Å². The lowest BCUT2D eigenvalue weighted by Gasteiger charge is -2.62. The summed E-state index contributed by atoms with van der Waals surface area (Å²) in [5, 5.41) is 0. The Morgan fingerprint density at radius 2 is 0.824 bits per heavy atom. The van der Waals surface area contributed by atoms with Gasteiger partial charge in [0.15, 0.2) is 0 Å². The largest absolute Gasteiger partial charge is 0.459 e. The van der Waals surface area contributed by atoms with Gasteiger partial charge in [-0.05, 0) is 327 Å². The number of nitrogen functional groups attached to an aromatic ring is 4. The van der Waals surface area contributed by atoms with Crippen molar-refractivity contribution < 1.29 is 28.5 Å². The first-order chi connectivity index (χ1) is 48.8. The van der Waals surface area contributed by atoms with Gasteiger partial charge in [0.25, 0.3) is 0 Å². The summed E-state index contributed by atoms with van der Waals surface area (Å²) in [4.78, 5) is 26.8. The predicted molar refractivity (Wildman–Crippen MR) is 417 cm³/mol. The Morgan fingerprint density at radius 1 is 0.412 bits per heavy atom. The third kappa shape index (κ3) is 14.8. The molecule has 10 heteroatoms. The minimum Gasteiger partial charge on any atom is -0.459 e. The molecule has 8 aliphatic carbocycles. The van der Waals surface area contributed by atoms with Gasteiger partial charge in [0.2, 0.25) is 0 Å². The highest BCUT2D eigenvalue weighted by Crippen LogP contribution is 2.71. The maximum atomic E-state index is 13.7. The maximum absolute atomic E-state index is 13.7. The lowest BCUT2D eigenvalue weighted by Crippen LogP contribution is -2.59. The van der Waals surface area contributed by atoms with Crippen molar-refractivity contribution in [3.8, 4) is 23.0 Å². The topological polar surface area (TPSA) is 175 Å². The van der Waals surface area contributed by atoms with E-state index in [9.17, 15) is 9.59 Å². The Labute approximate surface area is 612 Å². The zero-order chi connectivity index (χ0) is 71.9. The molecular weight excluding hydrogens is 1260 g/mol. The summed E-state index contributed by atoms with van der Waals surface area (Å²) in [5.74, 6) is 12.3.